The normalized spacial score (nSPS) is 22.9. The number of anilines is 2. The van der Waals surface area contributed by atoms with Crippen LogP contribution in [-0.2, 0) is 5.41 Å². The molecule has 0 radical (unpaired) electrons. The molecule has 1 saturated heterocycles. The van der Waals surface area contributed by atoms with Gasteiger partial charge in [0, 0.05) is 41.2 Å². The molecular weight excluding hydrogens is 430 g/mol. The molecule has 0 aliphatic carbocycles. The molecule has 4 rings (SSSR count). The van der Waals surface area contributed by atoms with E-state index in [9.17, 15) is 4.79 Å². The highest BCUT2D eigenvalue weighted by atomic mass is 32.2. The Labute approximate surface area is 201 Å². The van der Waals surface area contributed by atoms with Crippen molar-refractivity contribution in [3.63, 3.8) is 0 Å². The lowest BCUT2D eigenvalue weighted by atomic mass is 9.91. The lowest BCUT2D eigenvalue weighted by Gasteiger charge is -2.34. The molecule has 1 amide bonds. The number of nitrogens with one attached hydrogen (secondary N) is 2. The second kappa shape index (κ2) is 9.01. The van der Waals surface area contributed by atoms with Crippen LogP contribution in [0.15, 0.2) is 48.0 Å². The van der Waals surface area contributed by atoms with Crippen molar-refractivity contribution in [1.82, 2.24) is 14.7 Å². The summed E-state index contributed by atoms with van der Waals surface area (Å²) in [5.41, 5.74) is 1.41. The maximum atomic E-state index is 13.3. The van der Waals surface area contributed by atoms with Gasteiger partial charge in [-0.25, -0.2) is 9.97 Å². The Morgan fingerprint density at radius 1 is 1.18 bits per heavy atom. The molecule has 4 heterocycles. The molecule has 2 aromatic rings. The van der Waals surface area contributed by atoms with Crippen LogP contribution in [0.25, 0.3) is 0 Å². The summed E-state index contributed by atoms with van der Waals surface area (Å²) >= 11 is 1.23. The van der Waals surface area contributed by atoms with Gasteiger partial charge >= 0.3 is 0 Å². The fourth-order valence-corrected chi connectivity index (χ4v) is 5.36. The molecule has 2 aromatic heterocycles. The summed E-state index contributed by atoms with van der Waals surface area (Å²) in [6, 6.07) is 9.85. The van der Waals surface area contributed by atoms with E-state index in [0.717, 1.165) is 48.2 Å². The molecule has 4 bridgehead atoms. The van der Waals surface area contributed by atoms with Crippen LogP contribution in [0.4, 0.5) is 11.6 Å². The summed E-state index contributed by atoms with van der Waals surface area (Å²) in [7, 11) is 0. The molecule has 2 unspecified atom stereocenters. The first-order chi connectivity index (χ1) is 15.6. The molecule has 0 aromatic carbocycles. The summed E-state index contributed by atoms with van der Waals surface area (Å²) in [6.07, 6.45) is 5.07. The van der Waals surface area contributed by atoms with E-state index in [1.165, 1.54) is 11.9 Å². The highest BCUT2D eigenvalue weighted by Crippen LogP contribution is 2.40. The molecule has 33 heavy (non-hydrogen) atoms. The highest BCUT2D eigenvalue weighted by Gasteiger charge is 2.41. The number of fused-ring (bicyclic) bond motifs is 6. The van der Waals surface area contributed by atoms with E-state index in [1.54, 1.807) is 0 Å². The quantitative estimate of drug-likeness (QED) is 0.423. The first-order valence-electron chi connectivity index (χ1n) is 11.7. The van der Waals surface area contributed by atoms with Crippen LogP contribution in [0, 0.1) is 5.92 Å². The molecule has 1 fully saturated rings. The van der Waals surface area contributed by atoms with Gasteiger partial charge in [-0.05, 0) is 63.3 Å². The fraction of sp³-hybridized carbons (Fsp3) is 0.500. The summed E-state index contributed by atoms with van der Waals surface area (Å²) in [6.45, 7) is 15.9. The minimum atomic E-state index is -0.152. The van der Waals surface area contributed by atoms with E-state index in [-0.39, 0.29) is 22.9 Å². The first-order valence-corrected chi connectivity index (χ1v) is 12.5. The Hall–Kier alpha value is -2.54. The Balaban J connectivity index is 1.77. The maximum absolute atomic E-state index is 13.3. The lowest BCUT2D eigenvalue weighted by molar-refractivity contribution is 0.0984. The summed E-state index contributed by atoms with van der Waals surface area (Å²) in [4.78, 5) is 25.4. The second-order valence-electron chi connectivity index (χ2n) is 10.8. The van der Waals surface area contributed by atoms with Gasteiger partial charge < -0.3 is 10.2 Å². The number of pyridine rings is 2. The van der Waals surface area contributed by atoms with Crippen LogP contribution in [-0.4, -0.2) is 34.0 Å². The van der Waals surface area contributed by atoms with E-state index in [0.29, 0.717) is 11.5 Å². The standard InChI is InChI=1S/C26H35N5OS/c1-7-18-12-11-17-15-26(5,6)31(16-17)23-19(13-14-20(28-23)25(2,3)4)24(32)30-33-22-10-8-9-21(27-18)29-22/h7-10,13-14,17-18H,1,11-12,15-16H2,2-6H3,(H,27,29)(H,30,32). The third kappa shape index (κ3) is 5.18. The lowest BCUT2D eigenvalue weighted by Crippen LogP contribution is -2.40. The van der Waals surface area contributed by atoms with Gasteiger partial charge in [-0.1, -0.05) is 32.9 Å². The Bertz CT molecular complexity index is 1050. The van der Waals surface area contributed by atoms with Gasteiger partial charge in [-0.2, -0.15) is 0 Å². The minimum Gasteiger partial charge on any atom is -0.364 e. The average Bonchev–Trinajstić information content (AvgIpc) is 3.07. The number of aromatic nitrogens is 2. The summed E-state index contributed by atoms with van der Waals surface area (Å²) < 4.78 is 2.99. The average molecular weight is 466 g/mol. The molecule has 2 N–H and O–H groups in total. The fourth-order valence-electron chi connectivity index (χ4n) is 4.76. The number of amides is 1. The van der Waals surface area contributed by atoms with Gasteiger partial charge in [-0.3, -0.25) is 9.52 Å². The second-order valence-corrected chi connectivity index (χ2v) is 11.6. The van der Waals surface area contributed by atoms with E-state index in [1.807, 2.05) is 36.4 Å². The zero-order chi connectivity index (χ0) is 23.8. The van der Waals surface area contributed by atoms with Gasteiger partial charge in [0.2, 0.25) is 0 Å². The number of carbonyl (C=O) groups is 1. The van der Waals surface area contributed by atoms with Crippen molar-refractivity contribution in [1.29, 1.82) is 0 Å². The molecule has 2 atom stereocenters. The predicted molar refractivity (Wildman–Crippen MR) is 137 cm³/mol. The molecule has 7 heteroatoms. The van der Waals surface area contributed by atoms with Gasteiger partial charge in [0.25, 0.3) is 5.91 Å². The molecule has 6 nitrogen and oxygen atoms in total. The van der Waals surface area contributed by atoms with Gasteiger partial charge in [-0.15, -0.1) is 6.58 Å². The van der Waals surface area contributed by atoms with Crippen molar-refractivity contribution in [2.75, 3.05) is 16.8 Å². The smallest absolute Gasteiger partial charge is 0.265 e. The van der Waals surface area contributed by atoms with Gasteiger partial charge in [0.05, 0.1) is 5.56 Å². The van der Waals surface area contributed by atoms with E-state index in [4.69, 9.17) is 4.98 Å². The van der Waals surface area contributed by atoms with Crippen molar-refractivity contribution in [2.45, 2.75) is 75.9 Å². The van der Waals surface area contributed by atoms with Crippen molar-refractivity contribution in [3.8, 4) is 0 Å². The summed E-state index contributed by atoms with van der Waals surface area (Å²) in [5.74, 6) is 1.93. The molecular formula is C26H35N5OS. The third-order valence-electron chi connectivity index (χ3n) is 6.58. The highest BCUT2D eigenvalue weighted by molar-refractivity contribution is 7.97. The van der Waals surface area contributed by atoms with Crippen molar-refractivity contribution in [3.05, 3.63) is 54.2 Å². The Morgan fingerprint density at radius 3 is 2.70 bits per heavy atom. The largest absolute Gasteiger partial charge is 0.364 e. The topological polar surface area (TPSA) is 70.2 Å². The van der Waals surface area contributed by atoms with Gasteiger partial charge in [0.15, 0.2) is 0 Å². The van der Waals surface area contributed by atoms with Crippen LogP contribution in [0.1, 0.15) is 69.9 Å². The number of nitrogens with zero attached hydrogens (tertiary/aromatic N) is 3. The number of carbonyl (C=O) groups excluding carboxylic acids is 1. The number of hydrogen-bond donors (Lipinski definition) is 2. The SMILES string of the molecule is C=CC1CCC2CN(c3nc(C(C)(C)C)ccc3C(=O)NSc3cccc(n3)N1)C(C)(C)C2. The Morgan fingerprint density at radius 2 is 1.97 bits per heavy atom. The third-order valence-corrected chi connectivity index (χ3v) is 7.30. The van der Waals surface area contributed by atoms with E-state index >= 15 is 0 Å². The minimum absolute atomic E-state index is 0.0869. The van der Waals surface area contributed by atoms with Crippen molar-refractivity contribution in [2.24, 2.45) is 5.92 Å². The number of rotatable bonds is 1. The predicted octanol–water partition coefficient (Wildman–Crippen LogP) is 5.58. The molecule has 0 spiro atoms. The van der Waals surface area contributed by atoms with E-state index < -0.39 is 0 Å². The van der Waals surface area contributed by atoms with Crippen LogP contribution in [0.5, 0.6) is 0 Å². The van der Waals surface area contributed by atoms with Crippen molar-refractivity contribution >= 4 is 29.5 Å². The van der Waals surface area contributed by atoms with Crippen molar-refractivity contribution < 1.29 is 4.79 Å². The van der Waals surface area contributed by atoms with E-state index in [2.05, 4.69) is 61.1 Å². The van der Waals surface area contributed by atoms with Crippen LogP contribution >= 0.6 is 11.9 Å². The zero-order valence-corrected chi connectivity index (χ0v) is 21.1. The molecule has 2 aliphatic heterocycles. The molecule has 2 aliphatic rings. The van der Waals surface area contributed by atoms with Crippen LogP contribution in [0.3, 0.4) is 0 Å². The summed E-state index contributed by atoms with van der Waals surface area (Å²) in [5, 5.41) is 4.22. The monoisotopic (exact) mass is 465 g/mol. The maximum Gasteiger partial charge on any atom is 0.265 e. The van der Waals surface area contributed by atoms with Gasteiger partial charge in [0.1, 0.15) is 16.7 Å². The van der Waals surface area contributed by atoms with Crippen LogP contribution < -0.4 is 14.9 Å². The first kappa shape index (κ1) is 23.6. The molecule has 0 saturated carbocycles. The molecule has 176 valence electrons. The van der Waals surface area contributed by atoms with Crippen LogP contribution in [0.2, 0.25) is 0 Å². The Kier molecular flexibility index (Phi) is 6.45. The number of hydrogen-bond acceptors (Lipinski definition) is 6. The zero-order valence-electron chi connectivity index (χ0n) is 20.3.